The Balaban J connectivity index is 1.62. The van der Waals surface area contributed by atoms with Crippen molar-refractivity contribution in [1.82, 2.24) is 9.29 Å². The van der Waals surface area contributed by atoms with E-state index in [2.05, 4.69) is 0 Å². The van der Waals surface area contributed by atoms with Crippen molar-refractivity contribution >= 4 is 31.6 Å². The van der Waals surface area contributed by atoms with Gasteiger partial charge < -0.3 is 0 Å². The van der Waals surface area contributed by atoms with Gasteiger partial charge in [-0.2, -0.15) is 4.31 Å². The zero-order valence-corrected chi connectivity index (χ0v) is 15.9. The number of para-hydroxylation sites is 1. The summed E-state index contributed by atoms with van der Waals surface area (Å²) in [6.45, 7) is 0. The summed E-state index contributed by atoms with van der Waals surface area (Å²) >= 11 is 1.56. The van der Waals surface area contributed by atoms with E-state index in [1.807, 2.05) is 60.7 Å². The predicted molar refractivity (Wildman–Crippen MR) is 107 cm³/mol. The molecule has 6 heteroatoms. The largest absolute Gasteiger partial charge is 0.244 e. The van der Waals surface area contributed by atoms with Gasteiger partial charge in [0.25, 0.3) is 0 Å². The molecule has 4 aromatic rings. The number of sulfonamides is 1. The van der Waals surface area contributed by atoms with E-state index < -0.39 is 10.0 Å². The molecule has 0 amide bonds. The van der Waals surface area contributed by atoms with Crippen LogP contribution >= 0.6 is 11.3 Å². The summed E-state index contributed by atoms with van der Waals surface area (Å²) in [6.07, 6.45) is 0. The Morgan fingerprint density at radius 2 is 1.41 bits per heavy atom. The quantitative estimate of drug-likeness (QED) is 0.470. The Bertz CT molecular complexity index is 1170. The lowest BCUT2D eigenvalue weighted by Crippen LogP contribution is -2.13. The van der Waals surface area contributed by atoms with Crippen molar-refractivity contribution in [1.29, 1.82) is 0 Å². The molecule has 4 nitrogen and oxygen atoms in total. The molecule has 0 spiro atoms. The highest BCUT2D eigenvalue weighted by atomic mass is 32.2. The van der Waals surface area contributed by atoms with E-state index in [4.69, 9.17) is 4.98 Å². The smallest absolute Gasteiger partial charge is 0.239 e. The van der Waals surface area contributed by atoms with Crippen LogP contribution in [0.4, 0.5) is 0 Å². The van der Waals surface area contributed by atoms with Crippen molar-refractivity contribution in [2.75, 3.05) is 0 Å². The molecular weight excluding hydrogens is 376 g/mol. The lowest BCUT2D eigenvalue weighted by atomic mass is 10.1. The number of fused-ring (bicyclic) bond motifs is 1. The topological polar surface area (TPSA) is 50.0 Å². The van der Waals surface area contributed by atoms with Crippen LogP contribution in [0.5, 0.6) is 0 Å². The molecule has 27 heavy (non-hydrogen) atoms. The zero-order chi connectivity index (χ0) is 18.4. The number of benzene rings is 3. The zero-order valence-electron chi connectivity index (χ0n) is 14.3. The van der Waals surface area contributed by atoms with Gasteiger partial charge in [0.1, 0.15) is 5.01 Å². The molecule has 3 aromatic carbocycles. The number of hydrogen-bond acceptors (Lipinski definition) is 4. The first-order valence-corrected chi connectivity index (χ1v) is 10.9. The third-order valence-corrected chi connectivity index (χ3v) is 7.77. The Morgan fingerprint density at radius 1 is 0.778 bits per heavy atom. The van der Waals surface area contributed by atoms with E-state index >= 15 is 0 Å². The number of nitrogens with zero attached hydrogens (tertiary/aromatic N) is 2. The van der Waals surface area contributed by atoms with Crippen molar-refractivity contribution in [3.05, 3.63) is 95.5 Å². The molecule has 3 atom stereocenters. The van der Waals surface area contributed by atoms with Crippen molar-refractivity contribution in [3.8, 4) is 0 Å². The van der Waals surface area contributed by atoms with Gasteiger partial charge in [-0.05, 0) is 29.8 Å². The molecule has 5 rings (SSSR count). The Kier molecular flexibility index (Phi) is 3.86. The van der Waals surface area contributed by atoms with Crippen molar-refractivity contribution in [2.45, 2.75) is 17.0 Å². The fraction of sp³-hybridized carbons (Fsp3) is 0.0952. The van der Waals surface area contributed by atoms with E-state index in [-0.39, 0.29) is 12.1 Å². The van der Waals surface area contributed by atoms with E-state index in [9.17, 15) is 8.42 Å². The average molecular weight is 393 g/mol. The fourth-order valence-corrected chi connectivity index (χ4v) is 6.37. The maximum absolute atomic E-state index is 13.3. The van der Waals surface area contributed by atoms with Crippen LogP contribution in [0.15, 0.2) is 89.8 Å². The maximum Gasteiger partial charge on any atom is 0.244 e. The fourth-order valence-electron chi connectivity index (χ4n) is 3.46. The maximum atomic E-state index is 13.3. The lowest BCUT2D eigenvalue weighted by Gasteiger charge is -2.06. The Morgan fingerprint density at radius 3 is 2.11 bits per heavy atom. The van der Waals surface area contributed by atoms with E-state index in [0.717, 1.165) is 20.8 Å². The summed E-state index contributed by atoms with van der Waals surface area (Å²) in [5, 5.41) is 0.838. The summed E-state index contributed by atoms with van der Waals surface area (Å²) in [4.78, 5) is 5.03. The van der Waals surface area contributed by atoms with Crippen molar-refractivity contribution in [2.24, 2.45) is 0 Å². The van der Waals surface area contributed by atoms with E-state index in [1.165, 1.54) is 0 Å². The summed E-state index contributed by atoms with van der Waals surface area (Å²) in [5.41, 5.74) is 1.90. The van der Waals surface area contributed by atoms with Crippen LogP contribution in [0, 0.1) is 0 Å². The Labute approximate surface area is 161 Å². The Hall–Kier alpha value is -2.54. The van der Waals surface area contributed by atoms with Gasteiger partial charge in [0, 0.05) is 0 Å². The van der Waals surface area contributed by atoms with Gasteiger partial charge in [-0.3, -0.25) is 0 Å². The monoisotopic (exact) mass is 392 g/mol. The molecule has 1 aliphatic rings. The molecule has 1 aromatic heterocycles. The third kappa shape index (κ3) is 2.77. The second-order valence-electron chi connectivity index (χ2n) is 6.47. The van der Waals surface area contributed by atoms with Gasteiger partial charge in [0.05, 0.1) is 27.2 Å². The first-order valence-electron chi connectivity index (χ1n) is 8.65. The molecular formula is C21H16N2O2S2. The molecule has 0 aliphatic carbocycles. The van der Waals surface area contributed by atoms with Crippen LogP contribution in [0.1, 0.15) is 22.7 Å². The van der Waals surface area contributed by atoms with Crippen LogP contribution in [-0.4, -0.2) is 17.7 Å². The van der Waals surface area contributed by atoms with Gasteiger partial charge in [0.2, 0.25) is 10.0 Å². The van der Waals surface area contributed by atoms with Crippen LogP contribution < -0.4 is 0 Å². The summed E-state index contributed by atoms with van der Waals surface area (Å²) in [5.74, 6) is 0. The molecule has 1 fully saturated rings. The normalized spacial score (nSPS) is 22.0. The molecule has 0 bridgehead atoms. The van der Waals surface area contributed by atoms with Gasteiger partial charge in [-0.25, -0.2) is 13.4 Å². The number of rotatable bonds is 4. The van der Waals surface area contributed by atoms with Gasteiger partial charge in [-0.1, -0.05) is 60.7 Å². The van der Waals surface area contributed by atoms with Gasteiger partial charge in [-0.15, -0.1) is 11.3 Å². The minimum atomic E-state index is -3.60. The number of hydrogen-bond donors (Lipinski definition) is 0. The molecule has 0 saturated carbocycles. The second kappa shape index (κ2) is 6.27. The molecule has 0 radical (unpaired) electrons. The highest BCUT2D eigenvalue weighted by Crippen LogP contribution is 2.58. The van der Waals surface area contributed by atoms with Gasteiger partial charge in [0.15, 0.2) is 0 Å². The third-order valence-electron chi connectivity index (χ3n) is 4.78. The molecule has 1 aliphatic heterocycles. The van der Waals surface area contributed by atoms with E-state index in [1.54, 1.807) is 39.9 Å². The highest BCUT2D eigenvalue weighted by molar-refractivity contribution is 7.89. The number of thiazole rings is 1. The molecule has 134 valence electrons. The molecule has 2 heterocycles. The second-order valence-corrected chi connectivity index (χ2v) is 9.37. The minimum absolute atomic E-state index is 0.225. The first-order chi connectivity index (χ1) is 13.2. The van der Waals surface area contributed by atoms with Crippen molar-refractivity contribution < 1.29 is 8.42 Å². The highest BCUT2D eigenvalue weighted by Gasteiger charge is 2.58. The SMILES string of the molecule is O=S(=O)(c1ccccc1)N1[C@H](c2nc3ccccc3s2)[C@@H]1c1ccccc1. The van der Waals surface area contributed by atoms with Crippen LogP contribution in [0.25, 0.3) is 10.2 Å². The molecule has 0 N–H and O–H groups in total. The lowest BCUT2D eigenvalue weighted by molar-refractivity contribution is 0.547. The summed E-state index contributed by atoms with van der Waals surface area (Å²) in [6, 6.07) is 25.8. The van der Waals surface area contributed by atoms with Crippen LogP contribution in [0.3, 0.4) is 0 Å². The predicted octanol–water partition coefficient (Wildman–Crippen LogP) is 4.78. The molecule has 1 unspecified atom stereocenters. The first kappa shape index (κ1) is 16.6. The molecule has 1 saturated heterocycles. The average Bonchev–Trinajstić information content (AvgIpc) is 3.34. The van der Waals surface area contributed by atoms with Crippen LogP contribution in [0.2, 0.25) is 0 Å². The summed E-state index contributed by atoms with van der Waals surface area (Å²) < 4.78 is 29.2. The summed E-state index contributed by atoms with van der Waals surface area (Å²) in [7, 11) is -3.60. The minimum Gasteiger partial charge on any atom is -0.239 e. The van der Waals surface area contributed by atoms with Crippen molar-refractivity contribution in [3.63, 3.8) is 0 Å². The van der Waals surface area contributed by atoms with Crippen LogP contribution in [-0.2, 0) is 10.0 Å². The van der Waals surface area contributed by atoms with Gasteiger partial charge >= 0.3 is 0 Å². The van der Waals surface area contributed by atoms with E-state index in [0.29, 0.717) is 4.90 Å². The standard InChI is InChI=1S/C21H16N2O2S2/c24-27(25,16-11-5-2-6-12-16)23-19(15-9-3-1-4-10-15)20(23)21-22-17-13-7-8-14-18(17)26-21/h1-14,19-20H/t19-,20-,23?/m0/s1. The number of aromatic nitrogens is 1.